The monoisotopic (exact) mass is 300 g/mol. The van der Waals surface area contributed by atoms with Gasteiger partial charge >= 0.3 is 5.97 Å². The van der Waals surface area contributed by atoms with Gasteiger partial charge in [0.05, 0.1) is 11.3 Å². The molecule has 0 heterocycles. The van der Waals surface area contributed by atoms with Gasteiger partial charge < -0.3 is 9.84 Å². The van der Waals surface area contributed by atoms with Crippen LogP contribution in [0.5, 0.6) is 0 Å². The first-order chi connectivity index (χ1) is 10.7. The van der Waals surface area contributed by atoms with Gasteiger partial charge in [0.2, 0.25) is 5.72 Å². The maximum atomic E-state index is 11.0. The summed E-state index contributed by atoms with van der Waals surface area (Å²) in [6.45, 7) is 2.64. The minimum Gasteiger partial charge on any atom is -0.478 e. The van der Waals surface area contributed by atoms with Gasteiger partial charge in [-0.2, -0.15) is 5.11 Å². The summed E-state index contributed by atoms with van der Waals surface area (Å²) < 4.78 is 5.88. The number of carboxylic acid groups (broad SMARTS) is 1. The third-order valence-corrected chi connectivity index (χ3v) is 3.33. The number of rotatable bonds is 7. The Balaban J connectivity index is 2.15. The van der Waals surface area contributed by atoms with Crippen molar-refractivity contribution in [3.05, 3.63) is 54.1 Å². The van der Waals surface area contributed by atoms with Gasteiger partial charge in [0, 0.05) is 13.0 Å². The van der Waals surface area contributed by atoms with Crippen molar-refractivity contribution in [3.63, 3.8) is 0 Å². The molecule has 1 atom stereocenters. The smallest absolute Gasteiger partial charge is 0.335 e. The van der Waals surface area contributed by atoms with E-state index in [-0.39, 0.29) is 5.57 Å². The van der Waals surface area contributed by atoms with Crippen LogP contribution >= 0.6 is 0 Å². The maximum absolute atomic E-state index is 11.0. The molecule has 0 radical (unpaired) electrons. The fourth-order valence-electron chi connectivity index (χ4n) is 2.01. The number of carbonyl (C=O) groups is 1. The van der Waals surface area contributed by atoms with Crippen molar-refractivity contribution in [2.24, 2.45) is 10.2 Å². The molecule has 0 spiro atoms. The summed E-state index contributed by atoms with van der Waals surface area (Å²) in [5.41, 5.74) is 0.0799. The molecule has 22 heavy (non-hydrogen) atoms. The first-order valence-corrected chi connectivity index (χ1v) is 7.40. The number of ether oxygens (including phenoxy) is 1. The molecule has 5 nitrogen and oxygen atoms in total. The summed E-state index contributed by atoms with van der Waals surface area (Å²) in [5, 5.41) is 17.6. The van der Waals surface area contributed by atoms with Crippen molar-refractivity contribution in [2.75, 3.05) is 6.61 Å². The lowest BCUT2D eigenvalue weighted by atomic mass is 10.00. The van der Waals surface area contributed by atoms with Crippen LogP contribution in [0.2, 0.25) is 0 Å². The number of unbranched alkanes of at least 4 members (excludes halogenated alkanes) is 1. The molecular weight excluding hydrogens is 280 g/mol. The zero-order valence-corrected chi connectivity index (χ0v) is 12.6. The molecule has 0 saturated carbocycles. The molecule has 1 aromatic carbocycles. The van der Waals surface area contributed by atoms with Gasteiger partial charge in [-0.1, -0.05) is 37.6 Å². The van der Waals surface area contributed by atoms with Crippen LogP contribution in [0, 0.1) is 0 Å². The van der Waals surface area contributed by atoms with Crippen LogP contribution in [0.15, 0.2) is 64.4 Å². The van der Waals surface area contributed by atoms with E-state index < -0.39 is 11.7 Å². The lowest BCUT2D eigenvalue weighted by Gasteiger charge is -2.26. The molecule has 0 amide bonds. The van der Waals surface area contributed by atoms with E-state index >= 15 is 0 Å². The predicted octanol–water partition coefficient (Wildman–Crippen LogP) is 4.25. The van der Waals surface area contributed by atoms with Gasteiger partial charge in [-0.05, 0) is 30.7 Å². The Bertz CT molecular complexity index is 593. The number of carboxylic acids is 1. The molecule has 1 unspecified atom stereocenters. The van der Waals surface area contributed by atoms with Crippen LogP contribution in [0.25, 0.3) is 0 Å². The van der Waals surface area contributed by atoms with E-state index in [0.717, 1.165) is 18.5 Å². The fourth-order valence-corrected chi connectivity index (χ4v) is 2.01. The summed E-state index contributed by atoms with van der Waals surface area (Å²) in [4.78, 5) is 11.0. The van der Waals surface area contributed by atoms with Gasteiger partial charge in [-0.3, -0.25) is 0 Å². The van der Waals surface area contributed by atoms with E-state index in [9.17, 15) is 4.79 Å². The number of nitrogens with zero attached hydrogens (tertiary/aromatic N) is 2. The second kappa shape index (κ2) is 7.66. The van der Waals surface area contributed by atoms with Gasteiger partial charge in [-0.15, -0.1) is 5.11 Å². The largest absolute Gasteiger partial charge is 0.478 e. The highest BCUT2D eigenvalue weighted by atomic mass is 16.5. The summed E-state index contributed by atoms with van der Waals surface area (Å²) in [7, 11) is 0. The van der Waals surface area contributed by atoms with Crippen LogP contribution in [0.1, 0.15) is 26.2 Å². The Hall–Kier alpha value is -2.27. The first kappa shape index (κ1) is 16.1. The van der Waals surface area contributed by atoms with Crippen molar-refractivity contribution >= 4 is 11.7 Å². The van der Waals surface area contributed by atoms with Crippen molar-refractivity contribution in [1.82, 2.24) is 0 Å². The minimum atomic E-state index is -0.946. The molecule has 0 fully saturated rings. The number of hydrogen-bond acceptors (Lipinski definition) is 4. The Morgan fingerprint density at radius 2 is 2.14 bits per heavy atom. The van der Waals surface area contributed by atoms with Crippen molar-refractivity contribution in [1.29, 1.82) is 0 Å². The zero-order chi connectivity index (χ0) is 15.8. The molecule has 0 bridgehead atoms. The van der Waals surface area contributed by atoms with E-state index in [0.29, 0.717) is 13.0 Å². The number of azo groups is 1. The molecule has 2 rings (SSSR count). The Morgan fingerprint density at radius 1 is 1.36 bits per heavy atom. The molecule has 1 aliphatic rings. The van der Waals surface area contributed by atoms with Gasteiger partial charge in [0.1, 0.15) is 0 Å². The summed E-state index contributed by atoms with van der Waals surface area (Å²) >= 11 is 0. The molecular formula is C17H20N2O3. The molecule has 5 heteroatoms. The van der Waals surface area contributed by atoms with Gasteiger partial charge in [-0.25, -0.2) is 4.79 Å². The van der Waals surface area contributed by atoms with Crippen LogP contribution in [-0.2, 0) is 9.53 Å². The minimum absolute atomic E-state index is 0.254. The van der Waals surface area contributed by atoms with E-state index in [2.05, 4.69) is 17.2 Å². The molecule has 0 aliphatic heterocycles. The third-order valence-electron chi connectivity index (χ3n) is 3.33. The summed E-state index contributed by atoms with van der Waals surface area (Å²) in [5.74, 6) is -0.946. The average molecular weight is 300 g/mol. The van der Waals surface area contributed by atoms with Crippen LogP contribution in [0.3, 0.4) is 0 Å². The van der Waals surface area contributed by atoms with Crippen LogP contribution < -0.4 is 0 Å². The first-order valence-electron chi connectivity index (χ1n) is 7.40. The van der Waals surface area contributed by atoms with Gasteiger partial charge in [0.15, 0.2) is 0 Å². The molecule has 0 aromatic heterocycles. The second-order valence-electron chi connectivity index (χ2n) is 5.08. The quantitative estimate of drug-likeness (QED) is 0.604. The zero-order valence-electron chi connectivity index (χ0n) is 12.6. The van der Waals surface area contributed by atoms with Crippen molar-refractivity contribution in [3.8, 4) is 0 Å². The summed E-state index contributed by atoms with van der Waals surface area (Å²) in [6.07, 6.45) is 7.14. The number of hydrogen-bond donors (Lipinski definition) is 1. The number of aliphatic carboxylic acids is 1. The standard InChI is InChI=1S/C17H20N2O3/c1-2-3-13-22-17(11-9-14(10-12-17)16(20)21)19-18-15-7-5-4-6-8-15/h4-11H,2-3,12-13H2,1H3,(H,20,21). The van der Waals surface area contributed by atoms with Gasteiger partial charge in [0.25, 0.3) is 0 Å². The van der Waals surface area contributed by atoms with Crippen LogP contribution in [0.4, 0.5) is 5.69 Å². The van der Waals surface area contributed by atoms with Crippen LogP contribution in [-0.4, -0.2) is 23.4 Å². The normalized spacial score (nSPS) is 21.0. The van der Waals surface area contributed by atoms with E-state index in [4.69, 9.17) is 9.84 Å². The average Bonchev–Trinajstić information content (AvgIpc) is 2.55. The fraction of sp³-hybridized carbons (Fsp3) is 0.353. The SMILES string of the molecule is CCCCOC1(N=Nc2ccccc2)C=CC(C(=O)O)=CC1. The third kappa shape index (κ3) is 4.36. The van der Waals surface area contributed by atoms with E-state index in [1.54, 1.807) is 12.2 Å². The highest BCUT2D eigenvalue weighted by Crippen LogP contribution is 2.29. The number of benzene rings is 1. The van der Waals surface area contributed by atoms with E-state index in [1.165, 1.54) is 6.08 Å². The molecule has 1 N–H and O–H groups in total. The second-order valence-corrected chi connectivity index (χ2v) is 5.08. The highest BCUT2D eigenvalue weighted by molar-refractivity contribution is 5.90. The lowest BCUT2D eigenvalue weighted by molar-refractivity contribution is -0.132. The Labute approximate surface area is 130 Å². The molecule has 116 valence electrons. The maximum Gasteiger partial charge on any atom is 0.335 e. The predicted molar refractivity (Wildman–Crippen MR) is 84.0 cm³/mol. The lowest BCUT2D eigenvalue weighted by Crippen LogP contribution is -2.29. The molecule has 1 aromatic rings. The Kier molecular flexibility index (Phi) is 5.61. The van der Waals surface area contributed by atoms with Crippen molar-refractivity contribution in [2.45, 2.75) is 31.9 Å². The molecule has 0 saturated heterocycles. The summed E-state index contributed by atoms with van der Waals surface area (Å²) in [6, 6.07) is 9.40. The topological polar surface area (TPSA) is 71.2 Å². The highest BCUT2D eigenvalue weighted by Gasteiger charge is 2.30. The Morgan fingerprint density at radius 3 is 2.73 bits per heavy atom. The van der Waals surface area contributed by atoms with E-state index in [1.807, 2.05) is 30.3 Å². The molecule has 1 aliphatic carbocycles. The van der Waals surface area contributed by atoms with Crippen molar-refractivity contribution < 1.29 is 14.6 Å².